The second kappa shape index (κ2) is 10.2. The van der Waals surface area contributed by atoms with Crippen LogP contribution in [0, 0.1) is 0 Å². The number of amides is 1. The van der Waals surface area contributed by atoms with Crippen molar-refractivity contribution >= 4 is 68.1 Å². The molecule has 0 radical (unpaired) electrons. The molecule has 1 aromatic heterocycles. The lowest BCUT2D eigenvalue weighted by molar-refractivity contribution is 0.102. The minimum absolute atomic E-state index is 0.134. The maximum atomic E-state index is 12.7. The van der Waals surface area contributed by atoms with Crippen molar-refractivity contribution < 1.29 is 4.79 Å². The van der Waals surface area contributed by atoms with E-state index in [1.54, 1.807) is 41.3 Å². The molecule has 1 N–H and O–H groups in total. The molecule has 1 amide bonds. The van der Waals surface area contributed by atoms with Crippen molar-refractivity contribution in [2.75, 3.05) is 5.32 Å². The Labute approximate surface area is 215 Å². The Morgan fingerprint density at radius 1 is 0.853 bits per heavy atom. The van der Waals surface area contributed by atoms with Gasteiger partial charge in [-0.25, -0.2) is 4.98 Å². The number of aromatic nitrogens is 1. The molecule has 0 bridgehead atoms. The van der Waals surface area contributed by atoms with Gasteiger partial charge in [0.1, 0.15) is 0 Å². The van der Waals surface area contributed by atoms with Crippen molar-refractivity contribution in [1.29, 1.82) is 0 Å². The lowest BCUT2D eigenvalue weighted by Gasteiger charge is -2.16. The maximum Gasteiger partial charge on any atom is 0.257 e. The van der Waals surface area contributed by atoms with Gasteiger partial charge in [0.15, 0.2) is 4.34 Å². The standard InChI is InChI=1S/C27H18Cl2N2OS2/c28-19-11-13-21(22(29)15-19)26(32)30-20-12-14-23-24(16-20)33-27(31-23)34-25(17-7-3-1-4-8-17)18-9-5-2-6-10-18/h1-16,25H,(H,30,32). The molecule has 3 nitrogen and oxygen atoms in total. The molecule has 34 heavy (non-hydrogen) atoms. The molecule has 0 saturated heterocycles. The number of hydrogen-bond donors (Lipinski definition) is 1. The monoisotopic (exact) mass is 520 g/mol. The number of anilines is 1. The number of halogens is 2. The highest BCUT2D eigenvalue weighted by Crippen LogP contribution is 2.43. The molecule has 4 aromatic carbocycles. The second-order valence-electron chi connectivity index (χ2n) is 7.56. The third kappa shape index (κ3) is 5.13. The first-order chi connectivity index (χ1) is 16.6. The summed E-state index contributed by atoms with van der Waals surface area (Å²) in [5.41, 5.74) is 4.41. The average molecular weight is 521 g/mol. The van der Waals surface area contributed by atoms with Crippen molar-refractivity contribution in [2.45, 2.75) is 9.59 Å². The molecule has 0 spiro atoms. The molecule has 0 aliphatic carbocycles. The number of carbonyl (C=O) groups is 1. The predicted octanol–water partition coefficient (Wildman–Crippen LogP) is 8.74. The van der Waals surface area contributed by atoms with E-state index in [2.05, 4.69) is 53.8 Å². The zero-order valence-corrected chi connectivity index (χ0v) is 20.9. The maximum absolute atomic E-state index is 12.7. The van der Waals surface area contributed by atoms with Crippen LogP contribution in [0.25, 0.3) is 10.2 Å². The van der Waals surface area contributed by atoms with Gasteiger partial charge in [-0.2, -0.15) is 0 Å². The van der Waals surface area contributed by atoms with Gasteiger partial charge >= 0.3 is 0 Å². The quantitative estimate of drug-likeness (QED) is 0.227. The van der Waals surface area contributed by atoms with Gasteiger partial charge in [-0.05, 0) is 47.5 Å². The first kappa shape index (κ1) is 22.9. The SMILES string of the molecule is O=C(Nc1ccc2nc(SC(c3ccccc3)c3ccccc3)sc2c1)c1ccc(Cl)cc1Cl. The predicted molar refractivity (Wildman–Crippen MR) is 145 cm³/mol. The number of fused-ring (bicyclic) bond motifs is 1. The van der Waals surface area contributed by atoms with Crippen LogP contribution in [0.3, 0.4) is 0 Å². The molecule has 5 aromatic rings. The molecule has 0 saturated carbocycles. The molecule has 1 heterocycles. The van der Waals surface area contributed by atoms with E-state index in [0.29, 0.717) is 21.3 Å². The second-order valence-corrected chi connectivity index (χ2v) is 10.8. The molecule has 0 aliphatic heterocycles. The van der Waals surface area contributed by atoms with Gasteiger partial charge in [-0.1, -0.05) is 95.6 Å². The van der Waals surface area contributed by atoms with Gasteiger partial charge in [0, 0.05) is 10.7 Å². The fourth-order valence-electron chi connectivity index (χ4n) is 3.59. The lowest BCUT2D eigenvalue weighted by atomic mass is 10.0. The van der Waals surface area contributed by atoms with Crippen molar-refractivity contribution in [3.05, 3.63) is 124 Å². The minimum Gasteiger partial charge on any atom is -0.322 e. The Morgan fingerprint density at radius 3 is 2.18 bits per heavy atom. The number of rotatable bonds is 6. The van der Waals surface area contributed by atoms with E-state index in [0.717, 1.165) is 14.6 Å². The highest BCUT2D eigenvalue weighted by Gasteiger charge is 2.18. The Morgan fingerprint density at radius 2 is 1.53 bits per heavy atom. The molecular formula is C27H18Cl2N2OS2. The summed E-state index contributed by atoms with van der Waals surface area (Å²) in [6.07, 6.45) is 0. The van der Waals surface area contributed by atoms with E-state index in [9.17, 15) is 4.79 Å². The first-order valence-electron chi connectivity index (χ1n) is 10.5. The molecule has 0 aliphatic rings. The van der Waals surface area contributed by atoms with Crippen LogP contribution in [0.2, 0.25) is 10.0 Å². The molecule has 0 unspecified atom stereocenters. The number of thiazole rings is 1. The zero-order chi connectivity index (χ0) is 23.5. The summed E-state index contributed by atoms with van der Waals surface area (Å²) < 4.78 is 1.97. The van der Waals surface area contributed by atoms with Crippen molar-refractivity contribution in [3.8, 4) is 0 Å². The minimum atomic E-state index is -0.284. The summed E-state index contributed by atoms with van der Waals surface area (Å²) in [6, 6.07) is 31.4. The highest BCUT2D eigenvalue weighted by molar-refractivity contribution is 8.01. The van der Waals surface area contributed by atoms with E-state index >= 15 is 0 Å². The number of benzene rings is 4. The van der Waals surface area contributed by atoms with Crippen molar-refractivity contribution in [2.24, 2.45) is 0 Å². The number of nitrogens with one attached hydrogen (secondary N) is 1. The van der Waals surface area contributed by atoms with E-state index in [1.165, 1.54) is 11.1 Å². The Bertz CT molecular complexity index is 1420. The summed E-state index contributed by atoms with van der Waals surface area (Å²) >= 11 is 15.5. The lowest BCUT2D eigenvalue weighted by Crippen LogP contribution is -2.12. The van der Waals surface area contributed by atoms with E-state index in [4.69, 9.17) is 28.2 Å². The highest BCUT2D eigenvalue weighted by atomic mass is 35.5. The first-order valence-corrected chi connectivity index (χ1v) is 13.0. The van der Waals surface area contributed by atoms with Crippen LogP contribution in [0.5, 0.6) is 0 Å². The Kier molecular flexibility index (Phi) is 6.88. The molecular weight excluding hydrogens is 503 g/mol. The number of nitrogens with zero attached hydrogens (tertiary/aromatic N) is 1. The summed E-state index contributed by atoms with van der Waals surface area (Å²) in [5.74, 6) is -0.284. The van der Waals surface area contributed by atoms with Crippen LogP contribution in [0.1, 0.15) is 26.7 Å². The van der Waals surface area contributed by atoms with Crippen LogP contribution in [-0.2, 0) is 0 Å². The smallest absolute Gasteiger partial charge is 0.257 e. The largest absolute Gasteiger partial charge is 0.322 e. The summed E-state index contributed by atoms with van der Waals surface area (Å²) in [5, 5.41) is 3.85. The van der Waals surface area contributed by atoms with Crippen LogP contribution >= 0.6 is 46.3 Å². The third-order valence-corrected chi connectivity index (χ3v) is 8.20. The van der Waals surface area contributed by atoms with E-state index < -0.39 is 0 Å². The van der Waals surface area contributed by atoms with Gasteiger partial charge in [0.25, 0.3) is 5.91 Å². The van der Waals surface area contributed by atoms with Gasteiger partial charge in [-0.15, -0.1) is 11.3 Å². The van der Waals surface area contributed by atoms with Crippen LogP contribution in [0.15, 0.2) is 101 Å². The van der Waals surface area contributed by atoms with E-state index in [1.807, 2.05) is 30.3 Å². The topological polar surface area (TPSA) is 42.0 Å². The number of thioether (sulfide) groups is 1. The average Bonchev–Trinajstić information content (AvgIpc) is 3.25. The van der Waals surface area contributed by atoms with Crippen LogP contribution in [0.4, 0.5) is 5.69 Å². The van der Waals surface area contributed by atoms with Crippen molar-refractivity contribution in [1.82, 2.24) is 4.98 Å². The molecule has 7 heteroatoms. The Balaban J connectivity index is 1.40. The normalized spacial score (nSPS) is 11.1. The van der Waals surface area contributed by atoms with Gasteiger partial charge in [0.2, 0.25) is 0 Å². The fourth-order valence-corrected chi connectivity index (χ4v) is 6.51. The Hall–Kier alpha value is -2.83. The molecule has 0 fully saturated rings. The third-order valence-electron chi connectivity index (χ3n) is 5.23. The van der Waals surface area contributed by atoms with Gasteiger partial charge < -0.3 is 5.32 Å². The molecule has 168 valence electrons. The number of carbonyl (C=O) groups excluding carboxylic acids is 1. The van der Waals surface area contributed by atoms with Crippen LogP contribution < -0.4 is 5.32 Å². The van der Waals surface area contributed by atoms with E-state index in [-0.39, 0.29) is 11.2 Å². The number of hydrogen-bond acceptors (Lipinski definition) is 4. The molecule has 5 rings (SSSR count). The fraction of sp³-hybridized carbons (Fsp3) is 0.0370. The molecule has 0 atom stereocenters. The summed E-state index contributed by atoms with van der Waals surface area (Å²) in [7, 11) is 0. The van der Waals surface area contributed by atoms with Crippen molar-refractivity contribution in [3.63, 3.8) is 0 Å². The van der Waals surface area contributed by atoms with Crippen LogP contribution in [-0.4, -0.2) is 10.9 Å². The zero-order valence-electron chi connectivity index (χ0n) is 17.7. The summed E-state index contributed by atoms with van der Waals surface area (Å²) in [6.45, 7) is 0. The van der Waals surface area contributed by atoms with Gasteiger partial charge in [0.05, 0.1) is 26.1 Å². The summed E-state index contributed by atoms with van der Waals surface area (Å²) in [4.78, 5) is 17.5. The van der Waals surface area contributed by atoms with Gasteiger partial charge in [-0.3, -0.25) is 4.79 Å².